The lowest BCUT2D eigenvalue weighted by atomic mass is 9.97. The molecule has 0 saturated carbocycles. The van der Waals surface area contributed by atoms with Gasteiger partial charge in [-0.2, -0.15) is 0 Å². The number of guanidine groups is 1. The zero-order valence-electron chi connectivity index (χ0n) is 18.3. The molecule has 2 fully saturated rings. The lowest BCUT2D eigenvalue weighted by molar-refractivity contribution is -0.123. The van der Waals surface area contributed by atoms with E-state index in [0.29, 0.717) is 6.04 Å². The standard InChI is InChI=1S/C22H36N6O.HI/c1-17-6-8-20(9-7-17)28-14-10-19(16-28)26-22(24-2)25-11-4-13-27-12-3-5-18(15-27)21(23)29;/h6-9,18-19H,3-5,10-16H2,1-2H3,(H2,23,29)(H2,24,25,26);1H. The molecule has 2 heterocycles. The summed E-state index contributed by atoms with van der Waals surface area (Å²) in [6.45, 7) is 7.89. The lowest BCUT2D eigenvalue weighted by Gasteiger charge is -2.31. The van der Waals surface area contributed by atoms with Gasteiger partial charge in [0.15, 0.2) is 5.96 Å². The Morgan fingerprint density at radius 2 is 1.97 bits per heavy atom. The van der Waals surface area contributed by atoms with E-state index in [0.717, 1.165) is 70.9 Å². The molecule has 7 nitrogen and oxygen atoms in total. The number of benzene rings is 1. The van der Waals surface area contributed by atoms with Crippen molar-refractivity contribution < 1.29 is 4.79 Å². The third-order valence-electron chi connectivity index (χ3n) is 6.00. The van der Waals surface area contributed by atoms with Crippen molar-refractivity contribution in [1.82, 2.24) is 15.5 Å². The molecule has 1 aromatic rings. The zero-order valence-corrected chi connectivity index (χ0v) is 20.6. The second kappa shape index (κ2) is 12.3. The molecule has 2 unspecified atom stereocenters. The molecule has 0 aliphatic carbocycles. The van der Waals surface area contributed by atoms with E-state index in [1.165, 1.54) is 11.3 Å². The number of hydrogen-bond donors (Lipinski definition) is 3. The molecule has 0 bridgehead atoms. The molecule has 0 aromatic heterocycles. The Labute approximate surface area is 197 Å². The van der Waals surface area contributed by atoms with Gasteiger partial charge in [0.2, 0.25) is 5.91 Å². The van der Waals surface area contributed by atoms with E-state index in [-0.39, 0.29) is 35.8 Å². The van der Waals surface area contributed by atoms with Crippen molar-refractivity contribution >= 4 is 41.5 Å². The van der Waals surface area contributed by atoms with Crippen molar-refractivity contribution in [3.63, 3.8) is 0 Å². The first-order valence-corrected chi connectivity index (χ1v) is 10.9. The number of anilines is 1. The first-order chi connectivity index (χ1) is 14.0. The first-order valence-electron chi connectivity index (χ1n) is 10.9. The van der Waals surface area contributed by atoms with Crippen molar-refractivity contribution in [1.29, 1.82) is 0 Å². The van der Waals surface area contributed by atoms with Crippen LogP contribution >= 0.6 is 24.0 Å². The predicted molar refractivity (Wildman–Crippen MR) is 135 cm³/mol. The van der Waals surface area contributed by atoms with Crippen LogP contribution in [0.5, 0.6) is 0 Å². The number of aliphatic imine (C=N–C) groups is 1. The molecule has 4 N–H and O–H groups in total. The quantitative estimate of drug-likeness (QED) is 0.218. The van der Waals surface area contributed by atoms with Crippen LogP contribution in [0.2, 0.25) is 0 Å². The number of nitrogens with one attached hydrogen (secondary N) is 2. The Balaban J connectivity index is 0.00000320. The average molecular weight is 528 g/mol. The van der Waals surface area contributed by atoms with Crippen LogP contribution in [0.1, 0.15) is 31.2 Å². The number of likely N-dealkylation sites (tertiary alicyclic amines) is 1. The fourth-order valence-corrected chi connectivity index (χ4v) is 4.26. The van der Waals surface area contributed by atoms with Gasteiger partial charge in [0.1, 0.15) is 0 Å². The summed E-state index contributed by atoms with van der Waals surface area (Å²) < 4.78 is 0. The van der Waals surface area contributed by atoms with Gasteiger partial charge >= 0.3 is 0 Å². The van der Waals surface area contributed by atoms with Gasteiger partial charge in [-0.3, -0.25) is 9.79 Å². The van der Waals surface area contributed by atoms with Gasteiger partial charge in [-0.1, -0.05) is 17.7 Å². The molecule has 2 aliphatic heterocycles. The van der Waals surface area contributed by atoms with Crippen LogP contribution in [0.4, 0.5) is 5.69 Å². The number of amides is 1. The summed E-state index contributed by atoms with van der Waals surface area (Å²) in [6, 6.07) is 9.15. The smallest absolute Gasteiger partial charge is 0.221 e. The molecule has 2 saturated heterocycles. The summed E-state index contributed by atoms with van der Waals surface area (Å²) in [5.74, 6) is 0.730. The van der Waals surface area contributed by atoms with Gasteiger partial charge in [0, 0.05) is 45.0 Å². The fraction of sp³-hybridized carbons (Fsp3) is 0.636. The van der Waals surface area contributed by atoms with Crippen LogP contribution in [0.25, 0.3) is 0 Å². The van der Waals surface area contributed by atoms with Gasteiger partial charge in [0.25, 0.3) is 0 Å². The van der Waals surface area contributed by atoms with E-state index < -0.39 is 0 Å². The van der Waals surface area contributed by atoms with E-state index in [2.05, 4.69) is 56.6 Å². The third-order valence-corrected chi connectivity index (χ3v) is 6.00. The zero-order chi connectivity index (χ0) is 20.6. The number of hydrogen-bond acceptors (Lipinski definition) is 4. The van der Waals surface area contributed by atoms with Gasteiger partial charge in [-0.15, -0.1) is 24.0 Å². The van der Waals surface area contributed by atoms with E-state index in [1.54, 1.807) is 0 Å². The molecule has 1 aromatic carbocycles. The summed E-state index contributed by atoms with van der Waals surface area (Å²) in [5, 5.41) is 6.99. The Kier molecular flexibility index (Phi) is 10.2. The molecule has 0 spiro atoms. The number of carbonyl (C=O) groups is 1. The molecular weight excluding hydrogens is 491 g/mol. The van der Waals surface area contributed by atoms with Gasteiger partial charge in [-0.05, 0) is 57.8 Å². The predicted octanol–water partition coefficient (Wildman–Crippen LogP) is 1.94. The molecule has 2 atom stereocenters. The molecular formula is C22H37IN6O. The van der Waals surface area contributed by atoms with E-state index in [9.17, 15) is 4.79 Å². The maximum atomic E-state index is 11.4. The third kappa shape index (κ3) is 7.30. The minimum absolute atomic E-state index is 0. The number of rotatable bonds is 7. The second-order valence-corrected chi connectivity index (χ2v) is 8.31. The highest BCUT2D eigenvalue weighted by atomic mass is 127. The van der Waals surface area contributed by atoms with Crippen LogP contribution < -0.4 is 21.3 Å². The molecule has 2 aliphatic rings. The normalized spacial score (nSPS) is 22.5. The summed E-state index contributed by atoms with van der Waals surface area (Å²) in [6.07, 6.45) is 4.12. The monoisotopic (exact) mass is 528 g/mol. The van der Waals surface area contributed by atoms with E-state index in [1.807, 2.05) is 7.05 Å². The van der Waals surface area contributed by atoms with Crippen molar-refractivity contribution in [2.45, 2.75) is 38.6 Å². The number of nitrogens with two attached hydrogens (primary N) is 1. The number of nitrogens with zero attached hydrogens (tertiary/aromatic N) is 3. The summed E-state index contributed by atoms with van der Waals surface area (Å²) in [4.78, 5) is 20.6. The highest BCUT2D eigenvalue weighted by Crippen LogP contribution is 2.20. The maximum absolute atomic E-state index is 11.4. The van der Waals surface area contributed by atoms with Crippen molar-refractivity contribution in [2.75, 3.05) is 51.2 Å². The van der Waals surface area contributed by atoms with Crippen LogP contribution in [-0.4, -0.2) is 69.1 Å². The minimum atomic E-state index is -0.159. The number of carbonyl (C=O) groups excluding carboxylic acids is 1. The van der Waals surface area contributed by atoms with Crippen molar-refractivity contribution in [2.24, 2.45) is 16.6 Å². The molecule has 30 heavy (non-hydrogen) atoms. The van der Waals surface area contributed by atoms with Gasteiger partial charge < -0.3 is 26.2 Å². The highest BCUT2D eigenvalue weighted by Gasteiger charge is 2.24. The highest BCUT2D eigenvalue weighted by molar-refractivity contribution is 14.0. The largest absolute Gasteiger partial charge is 0.369 e. The molecule has 168 valence electrons. The van der Waals surface area contributed by atoms with Gasteiger partial charge in [0.05, 0.1) is 5.92 Å². The first kappa shape index (κ1) is 24.7. The summed E-state index contributed by atoms with van der Waals surface area (Å²) >= 11 is 0. The molecule has 0 radical (unpaired) electrons. The van der Waals surface area contributed by atoms with E-state index in [4.69, 9.17) is 5.73 Å². The topological polar surface area (TPSA) is 86.0 Å². The maximum Gasteiger partial charge on any atom is 0.221 e. The van der Waals surface area contributed by atoms with Crippen molar-refractivity contribution in [3.05, 3.63) is 29.8 Å². The lowest BCUT2D eigenvalue weighted by Crippen LogP contribution is -2.46. The summed E-state index contributed by atoms with van der Waals surface area (Å²) in [5.41, 5.74) is 8.05. The van der Waals surface area contributed by atoms with Crippen LogP contribution in [-0.2, 0) is 4.79 Å². The second-order valence-electron chi connectivity index (χ2n) is 8.31. The Morgan fingerprint density at radius 3 is 2.67 bits per heavy atom. The minimum Gasteiger partial charge on any atom is -0.369 e. The van der Waals surface area contributed by atoms with Crippen LogP contribution in [0, 0.1) is 12.8 Å². The van der Waals surface area contributed by atoms with Crippen LogP contribution in [0.15, 0.2) is 29.3 Å². The molecule has 1 amide bonds. The molecule has 8 heteroatoms. The Hall–Kier alpha value is -1.55. The van der Waals surface area contributed by atoms with Crippen molar-refractivity contribution in [3.8, 4) is 0 Å². The number of halogens is 1. The molecule has 3 rings (SSSR count). The SMILES string of the molecule is CN=C(NCCCN1CCCC(C(N)=O)C1)NC1CCN(c2ccc(C)cc2)C1.I. The average Bonchev–Trinajstić information content (AvgIpc) is 3.19. The van der Waals surface area contributed by atoms with E-state index >= 15 is 0 Å². The van der Waals surface area contributed by atoms with Crippen LogP contribution in [0.3, 0.4) is 0 Å². The summed E-state index contributed by atoms with van der Waals surface area (Å²) in [7, 11) is 1.82. The Morgan fingerprint density at radius 1 is 1.20 bits per heavy atom. The van der Waals surface area contributed by atoms with Gasteiger partial charge in [-0.25, -0.2) is 0 Å². The Bertz CT molecular complexity index is 695. The number of piperidine rings is 1. The number of aryl methyl sites for hydroxylation is 1. The number of primary amides is 1. The fourth-order valence-electron chi connectivity index (χ4n) is 4.26.